The summed E-state index contributed by atoms with van der Waals surface area (Å²) < 4.78 is 115. The van der Waals surface area contributed by atoms with Crippen molar-refractivity contribution in [2.75, 3.05) is 5.32 Å². The fraction of sp³-hybridized carbons (Fsp3) is 0.214. The quantitative estimate of drug-likeness (QED) is 0.503. The summed E-state index contributed by atoms with van der Waals surface area (Å²) in [4.78, 5) is 18.0. The Labute approximate surface area is 154 Å². The standard InChI is InChI=1S/C14H5ClF9N3O/c15-11-26-8(4-9(27-11)14(22,23)24)10(28)25-7-2-1-5(12(16,17)18)3-6(7)13(19,20)21/h1-4H,(H,25,28). The lowest BCUT2D eigenvalue weighted by Gasteiger charge is -2.16. The zero-order valence-electron chi connectivity index (χ0n) is 12.9. The molecule has 1 heterocycles. The Bertz CT molecular complexity index is 906. The van der Waals surface area contributed by atoms with E-state index in [1.165, 1.54) is 0 Å². The van der Waals surface area contributed by atoms with Crippen LogP contribution in [-0.4, -0.2) is 15.9 Å². The second-order valence-corrected chi connectivity index (χ2v) is 5.45. The van der Waals surface area contributed by atoms with Gasteiger partial charge in [0.15, 0.2) is 0 Å². The van der Waals surface area contributed by atoms with E-state index in [4.69, 9.17) is 11.6 Å². The predicted molar refractivity (Wildman–Crippen MR) is 76.4 cm³/mol. The average Bonchev–Trinajstić information content (AvgIpc) is 2.51. The number of alkyl halides is 9. The molecule has 152 valence electrons. The van der Waals surface area contributed by atoms with E-state index in [9.17, 15) is 44.3 Å². The number of anilines is 1. The van der Waals surface area contributed by atoms with Gasteiger partial charge >= 0.3 is 18.5 Å². The van der Waals surface area contributed by atoms with Gasteiger partial charge in [-0.15, -0.1) is 0 Å². The molecule has 1 N–H and O–H groups in total. The Balaban J connectivity index is 2.46. The summed E-state index contributed by atoms with van der Waals surface area (Å²) in [5, 5.41) is 0.565. The van der Waals surface area contributed by atoms with Gasteiger partial charge in [-0.05, 0) is 29.8 Å². The van der Waals surface area contributed by atoms with Crippen LogP contribution in [0.4, 0.5) is 45.2 Å². The second kappa shape index (κ2) is 7.11. The van der Waals surface area contributed by atoms with E-state index in [0.29, 0.717) is 6.07 Å². The zero-order valence-corrected chi connectivity index (χ0v) is 13.6. The van der Waals surface area contributed by atoms with E-state index < -0.39 is 57.9 Å². The molecule has 0 atom stereocenters. The molecular weight excluding hydrogens is 433 g/mol. The Morgan fingerprint density at radius 3 is 1.96 bits per heavy atom. The summed E-state index contributed by atoms with van der Waals surface area (Å²) in [6.07, 6.45) is -15.4. The van der Waals surface area contributed by atoms with Crippen LogP contribution < -0.4 is 5.32 Å². The maximum Gasteiger partial charge on any atom is 0.433 e. The largest absolute Gasteiger partial charge is 0.433 e. The first-order chi connectivity index (χ1) is 12.6. The van der Waals surface area contributed by atoms with Crippen molar-refractivity contribution in [3.63, 3.8) is 0 Å². The maximum absolute atomic E-state index is 13.0. The van der Waals surface area contributed by atoms with Crippen LogP contribution >= 0.6 is 11.6 Å². The van der Waals surface area contributed by atoms with Gasteiger partial charge in [0.05, 0.1) is 16.8 Å². The number of rotatable bonds is 2. The summed E-state index contributed by atoms with van der Waals surface area (Å²) >= 11 is 5.27. The highest BCUT2D eigenvalue weighted by Gasteiger charge is 2.39. The third kappa shape index (κ3) is 5.03. The summed E-state index contributed by atoms with van der Waals surface area (Å²) in [6, 6.07) is 0.457. The first kappa shape index (κ1) is 21.7. The molecule has 0 aliphatic carbocycles. The number of carbonyl (C=O) groups excluding carboxylic acids is 1. The number of aromatic nitrogens is 2. The van der Waals surface area contributed by atoms with E-state index >= 15 is 0 Å². The number of hydrogen-bond donors (Lipinski definition) is 1. The average molecular weight is 438 g/mol. The van der Waals surface area contributed by atoms with Gasteiger partial charge in [-0.25, -0.2) is 9.97 Å². The van der Waals surface area contributed by atoms with E-state index in [0.717, 1.165) is 0 Å². The van der Waals surface area contributed by atoms with Crippen LogP contribution in [0.3, 0.4) is 0 Å². The van der Waals surface area contributed by atoms with Crippen LogP contribution in [0.1, 0.15) is 27.3 Å². The van der Waals surface area contributed by atoms with E-state index in [-0.39, 0.29) is 18.2 Å². The van der Waals surface area contributed by atoms with Crippen molar-refractivity contribution in [1.82, 2.24) is 9.97 Å². The minimum Gasteiger partial charge on any atom is -0.320 e. The van der Waals surface area contributed by atoms with Gasteiger partial charge in [0.25, 0.3) is 5.91 Å². The van der Waals surface area contributed by atoms with E-state index in [1.807, 2.05) is 0 Å². The molecule has 28 heavy (non-hydrogen) atoms. The highest BCUT2D eigenvalue weighted by molar-refractivity contribution is 6.28. The Kier molecular flexibility index (Phi) is 5.52. The normalized spacial score (nSPS) is 12.8. The first-order valence-electron chi connectivity index (χ1n) is 6.80. The molecule has 1 amide bonds. The third-order valence-corrected chi connectivity index (χ3v) is 3.29. The van der Waals surface area contributed by atoms with Gasteiger partial charge in [0.1, 0.15) is 11.4 Å². The Morgan fingerprint density at radius 1 is 0.857 bits per heavy atom. The second-order valence-electron chi connectivity index (χ2n) is 5.12. The Hall–Kier alpha value is -2.57. The molecule has 1 aromatic heterocycles. The molecular formula is C14H5ClF9N3O. The molecule has 4 nitrogen and oxygen atoms in total. The molecule has 0 bridgehead atoms. The van der Waals surface area contributed by atoms with Crippen molar-refractivity contribution >= 4 is 23.2 Å². The SMILES string of the molecule is O=C(Nc1ccc(C(F)(F)F)cc1C(F)(F)F)c1cc(C(F)(F)F)nc(Cl)n1. The van der Waals surface area contributed by atoms with Gasteiger partial charge < -0.3 is 5.32 Å². The lowest BCUT2D eigenvalue weighted by atomic mass is 10.1. The molecule has 0 fully saturated rings. The molecule has 14 heteroatoms. The van der Waals surface area contributed by atoms with Crippen LogP contribution in [0.15, 0.2) is 24.3 Å². The van der Waals surface area contributed by atoms with Gasteiger partial charge in [-0.3, -0.25) is 4.79 Å². The molecule has 0 saturated heterocycles. The van der Waals surface area contributed by atoms with Crippen LogP contribution in [0, 0.1) is 0 Å². The van der Waals surface area contributed by atoms with Gasteiger partial charge in [0.2, 0.25) is 5.28 Å². The molecule has 2 rings (SSSR count). The van der Waals surface area contributed by atoms with Crippen molar-refractivity contribution in [2.45, 2.75) is 18.5 Å². The van der Waals surface area contributed by atoms with Crippen molar-refractivity contribution in [2.24, 2.45) is 0 Å². The molecule has 0 aliphatic heterocycles. The van der Waals surface area contributed by atoms with Crippen LogP contribution in [0.2, 0.25) is 5.28 Å². The predicted octanol–water partition coefficient (Wildman–Crippen LogP) is 5.44. The third-order valence-electron chi connectivity index (χ3n) is 3.12. The van der Waals surface area contributed by atoms with Gasteiger partial charge in [-0.1, -0.05) is 0 Å². The summed E-state index contributed by atoms with van der Waals surface area (Å²) in [5.74, 6) is -1.57. The molecule has 0 unspecified atom stereocenters. The van der Waals surface area contributed by atoms with Crippen molar-refractivity contribution < 1.29 is 44.3 Å². The van der Waals surface area contributed by atoms with Gasteiger partial charge in [-0.2, -0.15) is 39.5 Å². The molecule has 2 aromatic rings. The van der Waals surface area contributed by atoms with E-state index in [2.05, 4.69) is 9.97 Å². The van der Waals surface area contributed by atoms with E-state index in [1.54, 1.807) is 5.32 Å². The minimum absolute atomic E-state index is 0.124. The smallest absolute Gasteiger partial charge is 0.320 e. The van der Waals surface area contributed by atoms with Crippen molar-refractivity contribution in [3.8, 4) is 0 Å². The monoisotopic (exact) mass is 437 g/mol. The highest BCUT2D eigenvalue weighted by Crippen LogP contribution is 2.39. The van der Waals surface area contributed by atoms with Crippen LogP contribution in [-0.2, 0) is 18.5 Å². The van der Waals surface area contributed by atoms with Crippen LogP contribution in [0.25, 0.3) is 0 Å². The van der Waals surface area contributed by atoms with Crippen molar-refractivity contribution in [1.29, 1.82) is 0 Å². The summed E-state index contributed by atoms with van der Waals surface area (Å²) in [6.45, 7) is 0. The molecule has 0 saturated carbocycles. The number of amides is 1. The number of nitrogens with one attached hydrogen (secondary N) is 1. The van der Waals surface area contributed by atoms with Crippen molar-refractivity contribution in [3.05, 3.63) is 52.1 Å². The first-order valence-corrected chi connectivity index (χ1v) is 7.18. The highest BCUT2D eigenvalue weighted by atomic mass is 35.5. The summed E-state index contributed by atoms with van der Waals surface area (Å²) in [5.41, 5.74) is -7.29. The number of carbonyl (C=O) groups is 1. The molecule has 1 aromatic carbocycles. The van der Waals surface area contributed by atoms with Crippen LogP contribution in [0.5, 0.6) is 0 Å². The lowest BCUT2D eigenvalue weighted by Crippen LogP contribution is -2.20. The molecule has 0 radical (unpaired) electrons. The minimum atomic E-state index is -5.30. The number of nitrogens with zero attached hydrogens (tertiary/aromatic N) is 2. The zero-order chi connectivity index (χ0) is 21.5. The lowest BCUT2D eigenvalue weighted by molar-refractivity contribution is -0.143. The number of halogens is 10. The molecule has 0 aliphatic rings. The topological polar surface area (TPSA) is 54.9 Å². The number of hydrogen-bond acceptors (Lipinski definition) is 3. The fourth-order valence-corrected chi connectivity index (χ4v) is 2.11. The molecule has 0 spiro atoms. The summed E-state index contributed by atoms with van der Waals surface area (Å²) in [7, 11) is 0. The Morgan fingerprint density at radius 2 is 1.46 bits per heavy atom. The number of benzene rings is 1. The fourth-order valence-electron chi connectivity index (χ4n) is 1.93. The van der Waals surface area contributed by atoms with Gasteiger partial charge in [0, 0.05) is 6.07 Å². The maximum atomic E-state index is 13.0.